The highest BCUT2D eigenvalue weighted by molar-refractivity contribution is 6.03. The number of hydrogen-bond acceptors (Lipinski definition) is 4. The molecule has 3 aromatic rings. The van der Waals surface area contributed by atoms with Gasteiger partial charge in [-0.1, -0.05) is 54.6 Å². The predicted octanol–water partition coefficient (Wildman–Crippen LogP) is 5.54. The molecular weight excluding hydrogens is 395 g/mol. The van der Waals surface area contributed by atoms with Crippen LogP contribution in [0.15, 0.2) is 60.7 Å². The van der Waals surface area contributed by atoms with Gasteiger partial charge in [0.05, 0.1) is 12.2 Å². The molecule has 0 bridgehead atoms. The van der Waals surface area contributed by atoms with E-state index in [0.717, 1.165) is 11.5 Å². The minimum atomic E-state index is -4.62. The first-order valence-electron chi connectivity index (χ1n) is 9.43. The second-order valence-corrected chi connectivity index (χ2v) is 6.96. The number of rotatable bonds is 3. The van der Waals surface area contributed by atoms with Crippen LogP contribution >= 0.6 is 0 Å². The Kier molecular flexibility index (Phi) is 4.97. The van der Waals surface area contributed by atoms with Crippen molar-refractivity contribution in [1.29, 1.82) is 5.41 Å². The number of hydrogen-bond donors (Lipinski definition) is 1. The number of benzene rings is 3. The van der Waals surface area contributed by atoms with Gasteiger partial charge in [-0.3, -0.25) is 10.2 Å². The van der Waals surface area contributed by atoms with Gasteiger partial charge in [-0.05, 0) is 23.9 Å². The van der Waals surface area contributed by atoms with Gasteiger partial charge in [0.2, 0.25) is 5.90 Å². The van der Waals surface area contributed by atoms with Gasteiger partial charge < -0.3 is 9.47 Å². The third-order valence-corrected chi connectivity index (χ3v) is 5.21. The maximum absolute atomic E-state index is 13.8. The Balaban J connectivity index is 2.01. The lowest BCUT2D eigenvalue weighted by atomic mass is 9.76. The largest absolute Gasteiger partial charge is 0.465 e. The summed E-state index contributed by atoms with van der Waals surface area (Å²) in [7, 11) is 0. The van der Waals surface area contributed by atoms with E-state index in [2.05, 4.69) is 0 Å². The van der Waals surface area contributed by atoms with Gasteiger partial charge in [-0.25, -0.2) is 0 Å². The van der Waals surface area contributed by atoms with Crippen molar-refractivity contribution in [2.24, 2.45) is 5.92 Å². The van der Waals surface area contributed by atoms with E-state index in [0.29, 0.717) is 16.7 Å². The zero-order valence-corrected chi connectivity index (χ0v) is 16.0. The van der Waals surface area contributed by atoms with E-state index in [1.54, 1.807) is 31.2 Å². The molecule has 2 unspecified atom stereocenters. The van der Waals surface area contributed by atoms with E-state index in [4.69, 9.17) is 14.9 Å². The van der Waals surface area contributed by atoms with Crippen LogP contribution in [0.2, 0.25) is 0 Å². The number of nitrogens with one attached hydrogen (secondary N) is 1. The highest BCUT2D eigenvalue weighted by Crippen LogP contribution is 2.48. The molecule has 30 heavy (non-hydrogen) atoms. The summed E-state index contributed by atoms with van der Waals surface area (Å²) in [5.41, 5.74) is -0.523. The topological polar surface area (TPSA) is 59.4 Å². The van der Waals surface area contributed by atoms with Gasteiger partial charge in [-0.2, -0.15) is 13.2 Å². The van der Waals surface area contributed by atoms with Crippen molar-refractivity contribution in [1.82, 2.24) is 0 Å². The molecule has 1 aliphatic rings. The van der Waals surface area contributed by atoms with Crippen LogP contribution in [-0.2, 0) is 15.7 Å². The fourth-order valence-electron chi connectivity index (χ4n) is 3.97. The molecule has 1 N–H and O–H groups in total. The summed E-state index contributed by atoms with van der Waals surface area (Å²) < 4.78 is 52.2. The summed E-state index contributed by atoms with van der Waals surface area (Å²) >= 11 is 0. The number of alkyl halides is 3. The first kappa shape index (κ1) is 19.9. The Morgan fingerprint density at radius 1 is 1.03 bits per heavy atom. The van der Waals surface area contributed by atoms with Crippen LogP contribution in [0.4, 0.5) is 13.2 Å². The van der Waals surface area contributed by atoms with Crippen molar-refractivity contribution < 1.29 is 27.4 Å². The molecule has 4 rings (SSSR count). The first-order valence-corrected chi connectivity index (χ1v) is 9.43. The number of ether oxygens (including phenoxy) is 2. The van der Waals surface area contributed by atoms with E-state index in [1.165, 1.54) is 18.2 Å². The summed E-state index contributed by atoms with van der Waals surface area (Å²) in [4.78, 5) is 12.7. The second kappa shape index (κ2) is 7.48. The van der Waals surface area contributed by atoms with Crippen LogP contribution in [0, 0.1) is 11.3 Å². The lowest BCUT2D eigenvalue weighted by molar-refractivity contribution is -0.147. The van der Waals surface area contributed by atoms with Gasteiger partial charge >= 0.3 is 12.1 Å². The van der Waals surface area contributed by atoms with E-state index in [-0.39, 0.29) is 12.2 Å². The molecule has 7 heteroatoms. The molecule has 3 aromatic carbocycles. The minimum absolute atomic E-state index is 0.0425. The molecule has 1 aliphatic heterocycles. The van der Waals surface area contributed by atoms with Gasteiger partial charge in [0.1, 0.15) is 11.7 Å². The summed E-state index contributed by atoms with van der Waals surface area (Å²) in [5, 5.41) is 9.85. The first-order chi connectivity index (χ1) is 14.3. The maximum atomic E-state index is 13.8. The normalized spacial score (nSPS) is 18.6. The summed E-state index contributed by atoms with van der Waals surface area (Å²) in [6.45, 7) is 1.64. The standard InChI is InChI=1S/C23H18F3NO3/c1-2-29-22(28)19-18(15-9-5-6-10-17(15)23(24,25)26)16-12-11-13-7-3-4-8-14(13)20(16)30-21(19)27/h3-12,18-19,27H,2H2,1H3. The summed E-state index contributed by atoms with van der Waals surface area (Å²) in [6.07, 6.45) is -4.62. The number of esters is 1. The van der Waals surface area contributed by atoms with E-state index >= 15 is 0 Å². The molecule has 0 aliphatic carbocycles. The molecule has 154 valence electrons. The molecular formula is C23H18F3NO3. The predicted molar refractivity (Wildman–Crippen MR) is 106 cm³/mol. The molecule has 0 fully saturated rings. The molecule has 1 heterocycles. The van der Waals surface area contributed by atoms with Crippen LogP contribution in [-0.4, -0.2) is 18.5 Å². The Bertz CT molecular complexity index is 1140. The fraction of sp³-hybridized carbons (Fsp3) is 0.217. The minimum Gasteiger partial charge on any atom is -0.465 e. The fourth-order valence-corrected chi connectivity index (χ4v) is 3.97. The second-order valence-electron chi connectivity index (χ2n) is 6.96. The van der Waals surface area contributed by atoms with Crippen LogP contribution < -0.4 is 4.74 Å². The van der Waals surface area contributed by atoms with E-state index in [9.17, 15) is 18.0 Å². The number of halogens is 3. The van der Waals surface area contributed by atoms with Crippen molar-refractivity contribution in [3.63, 3.8) is 0 Å². The number of fused-ring (bicyclic) bond motifs is 3. The van der Waals surface area contributed by atoms with Gasteiger partial charge in [0.25, 0.3) is 0 Å². The molecule has 0 saturated heterocycles. The van der Waals surface area contributed by atoms with Crippen molar-refractivity contribution >= 4 is 22.6 Å². The third kappa shape index (κ3) is 3.30. The molecule has 0 radical (unpaired) electrons. The Morgan fingerprint density at radius 2 is 1.73 bits per heavy atom. The van der Waals surface area contributed by atoms with E-state index < -0.39 is 35.4 Å². The number of carbonyl (C=O) groups is 1. The quantitative estimate of drug-likeness (QED) is 0.574. The average Bonchev–Trinajstić information content (AvgIpc) is 2.72. The van der Waals surface area contributed by atoms with Crippen molar-refractivity contribution in [3.8, 4) is 5.75 Å². The van der Waals surface area contributed by atoms with Crippen LogP contribution in [0.5, 0.6) is 5.75 Å². The maximum Gasteiger partial charge on any atom is 0.416 e. The van der Waals surface area contributed by atoms with Crippen LogP contribution in [0.25, 0.3) is 10.8 Å². The summed E-state index contributed by atoms with van der Waals surface area (Å²) in [6, 6.07) is 15.8. The molecule has 2 atom stereocenters. The lowest BCUT2D eigenvalue weighted by Gasteiger charge is -2.34. The zero-order valence-electron chi connectivity index (χ0n) is 16.0. The van der Waals surface area contributed by atoms with Gasteiger partial charge in [0.15, 0.2) is 0 Å². The molecule has 4 nitrogen and oxygen atoms in total. The third-order valence-electron chi connectivity index (χ3n) is 5.21. The monoisotopic (exact) mass is 413 g/mol. The van der Waals surface area contributed by atoms with Crippen molar-refractivity contribution in [3.05, 3.63) is 77.4 Å². The van der Waals surface area contributed by atoms with Crippen molar-refractivity contribution in [2.45, 2.75) is 19.0 Å². The molecule has 0 spiro atoms. The zero-order chi connectivity index (χ0) is 21.5. The highest BCUT2D eigenvalue weighted by Gasteiger charge is 2.46. The SMILES string of the molecule is CCOC(=O)C1C(=N)Oc2c(ccc3ccccc23)C1c1ccccc1C(F)(F)F. The Hall–Kier alpha value is -3.35. The van der Waals surface area contributed by atoms with E-state index in [1.807, 2.05) is 12.1 Å². The number of carbonyl (C=O) groups excluding carboxylic acids is 1. The summed E-state index contributed by atoms with van der Waals surface area (Å²) in [5.74, 6) is -3.31. The van der Waals surface area contributed by atoms with Crippen molar-refractivity contribution in [2.75, 3.05) is 6.61 Å². The van der Waals surface area contributed by atoms with Gasteiger partial charge in [0, 0.05) is 16.9 Å². The Labute approximate surface area is 170 Å². The van der Waals surface area contributed by atoms with Gasteiger partial charge in [-0.15, -0.1) is 0 Å². The lowest BCUT2D eigenvalue weighted by Crippen LogP contribution is -2.39. The van der Waals surface area contributed by atoms with Crippen LogP contribution in [0.3, 0.4) is 0 Å². The molecule has 0 saturated carbocycles. The average molecular weight is 413 g/mol. The smallest absolute Gasteiger partial charge is 0.416 e. The molecule has 0 amide bonds. The van der Waals surface area contributed by atoms with Crippen LogP contribution in [0.1, 0.15) is 29.5 Å². The molecule has 0 aromatic heterocycles. The highest BCUT2D eigenvalue weighted by atomic mass is 19.4. The Morgan fingerprint density at radius 3 is 2.47 bits per heavy atom.